The van der Waals surface area contributed by atoms with Gasteiger partial charge in [0, 0.05) is 13.8 Å². The minimum absolute atomic E-state index is 0. The molecule has 0 aromatic rings. The average Bonchev–Trinajstić information content (AvgIpc) is 1.27. The zero-order valence-corrected chi connectivity index (χ0v) is 8.41. The summed E-state index contributed by atoms with van der Waals surface area (Å²) in [6.45, 7) is 2.36. The summed E-state index contributed by atoms with van der Waals surface area (Å²) >= 11 is 0. The third-order valence-corrected chi connectivity index (χ3v) is 0.287. The summed E-state index contributed by atoms with van der Waals surface area (Å²) in [5, 5.41) is 0. The van der Waals surface area contributed by atoms with Gasteiger partial charge in [-0.25, -0.2) is 0 Å². The molecule has 0 bridgehead atoms. The van der Waals surface area contributed by atoms with Gasteiger partial charge in [-0.1, -0.05) is 0 Å². The van der Waals surface area contributed by atoms with E-state index in [-0.39, 0.29) is 48.3 Å². The maximum atomic E-state index is 9.81. The van der Waals surface area contributed by atoms with E-state index < -0.39 is 11.9 Å². The summed E-state index contributed by atoms with van der Waals surface area (Å²) < 4.78 is 3.97. The molecule has 0 rings (SSSR count). The second-order valence-electron chi connectivity index (χ2n) is 1.09. The maximum Gasteiger partial charge on any atom is 2.00 e. The van der Waals surface area contributed by atoms with Crippen LogP contribution in [0.2, 0.25) is 0 Å². The van der Waals surface area contributed by atoms with Gasteiger partial charge in [-0.3, -0.25) is 9.59 Å². The molecule has 0 aromatic carbocycles. The Kier molecular flexibility index (Phi) is 8.21. The molecule has 0 aliphatic rings. The van der Waals surface area contributed by atoms with Crippen molar-refractivity contribution in [2.45, 2.75) is 13.8 Å². The number of hydrogen-bond donors (Lipinski definition) is 0. The van der Waals surface area contributed by atoms with Crippen molar-refractivity contribution in [3.8, 4) is 0 Å². The predicted octanol–water partition coefficient (Wildman–Crippen LogP) is -0.0598. The SMILES string of the molecule is CC(=O)OC(C)=O.[H-].[H-].[Sr+2]. The molecule has 0 spiro atoms. The Morgan fingerprint density at radius 1 is 1.25 bits per heavy atom. The molecule has 8 heavy (non-hydrogen) atoms. The first kappa shape index (κ1) is 11.4. The third-order valence-electron chi connectivity index (χ3n) is 0.287. The Morgan fingerprint density at radius 3 is 1.50 bits per heavy atom. The number of rotatable bonds is 0. The van der Waals surface area contributed by atoms with E-state index >= 15 is 0 Å². The van der Waals surface area contributed by atoms with Gasteiger partial charge < -0.3 is 7.59 Å². The quantitative estimate of drug-likeness (QED) is 0.306. The molecular formula is C4H8O3Sr. The summed E-state index contributed by atoms with van der Waals surface area (Å²) in [7, 11) is 0. The van der Waals surface area contributed by atoms with Crippen molar-refractivity contribution in [3.63, 3.8) is 0 Å². The summed E-state index contributed by atoms with van der Waals surface area (Å²) in [6.07, 6.45) is 0. The molecule has 0 aliphatic heterocycles. The third kappa shape index (κ3) is 9.80. The van der Waals surface area contributed by atoms with E-state index in [4.69, 9.17) is 0 Å². The van der Waals surface area contributed by atoms with Crippen LogP contribution in [0.1, 0.15) is 16.7 Å². The number of esters is 2. The number of carbonyl (C=O) groups is 2. The Labute approximate surface area is 87.6 Å². The maximum absolute atomic E-state index is 9.81. The number of ether oxygens (including phenoxy) is 1. The molecule has 0 saturated heterocycles. The van der Waals surface area contributed by atoms with Gasteiger partial charge in [0.05, 0.1) is 0 Å². The van der Waals surface area contributed by atoms with Gasteiger partial charge in [-0.15, -0.1) is 0 Å². The predicted molar refractivity (Wildman–Crippen MR) is 30.4 cm³/mol. The summed E-state index contributed by atoms with van der Waals surface area (Å²) in [5.74, 6) is -1.12. The van der Waals surface area contributed by atoms with Crippen LogP contribution < -0.4 is 0 Å². The van der Waals surface area contributed by atoms with Crippen LogP contribution in [0.15, 0.2) is 0 Å². The standard InChI is InChI=1S/C4H6O3.Sr.2H/c1-3(5)7-4(2)6;;;/h1-2H3;;;/q;+2;2*-1. The molecule has 0 aliphatic carbocycles. The molecule has 0 N–H and O–H groups in total. The van der Waals surface area contributed by atoms with Gasteiger partial charge in [0.25, 0.3) is 0 Å². The van der Waals surface area contributed by atoms with E-state index in [0.29, 0.717) is 0 Å². The van der Waals surface area contributed by atoms with E-state index in [9.17, 15) is 9.59 Å². The average molecular weight is 192 g/mol. The van der Waals surface area contributed by atoms with E-state index in [1.54, 1.807) is 0 Å². The van der Waals surface area contributed by atoms with Crippen molar-refractivity contribution in [2.75, 3.05) is 0 Å². The minimum atomic E-state index is -0.562. The fourth-order valence-electron chi connectivity index (χ4n) is 0.202. The van der Waals surface area contributed by atoms with E-state index in [1.165, 1.54) is 13.8 Å². The first-order chi connectivity index (χ1) is 3.13. The first-order valence-corrected chi connectivity index (χ1v) is 1.82. The van der Waals surface area contributed by atoms with Crippen molar-refractivity contribution in [2.24, 2.45) is 0 Å². The molecule has 0 amide bonds. The van der Waals surface area contributed by atoms with E-state index in [2.05, 4.69) is 4.74 Å². The molecule has 0 heterocycles. The smallest absolute Gasteiger partial charge is 1.00 e. The molecule has 0 saturated carbocycles. The molecule has 0 unspecified atom stereocenters. The Bertz CT molecular complexity index is 94.7. The molecule has 0 aromatic heterocycles. The number of carbonyl (C=O) groups excluding carboxylic acids is 2. The molecule has 3 nitrogen and oxygen atoms in total. The van der Waals surface area contributed by atoms with Crippen LogP contribution in [0.4, 0.5) is 0 Å². The second-order valence-corrected chi connectivity index (χ2v) is 1.09. The Balaban J connectivity index is -0.0000000600. The van der Waals surface area contributed by atoms with Crippen LogP contribution in [0.3, 0.4) is 0 Å². The van der Waals surface area contributed by atoms with Gasteiger partial charge >= 0.3 is 57.4 Å². The fraction of sp³-hybridized carbons (Fsp3) is 0.500. The van der Waals surface area contributed by atoms with Crippen LogP contribution in [0.25, 0.3) is 0 Å². The van der Waals surface area contributed by atoms with Gasteiger partial charge in [0.1, 0.15) is 0 Å². The van der Waals surface area contributed by atoms with Crippen molar-refractivity contribution < 1.29 is 17.2 Å². The van der Waals surface area contributed by atoms with Crippen LogP contribution in [0, 0.1) is 0 Å². The van der Waals surface area contributed by atoms with E-state index in [0.717, 1.165) is 0 Å². The topological polar surface area (TPSA) is 43.4 Å². The van der Waals surface area contributed by atoms with Gasteiger partial charge in [-0.2, -0.15) is 0 Å². The number of hydrogen-bond acceptors (Lipinski definition) is 3. The van der Waals surface area contributed by atoms with Gasteiger partial charge in [0.2, 0.25) is 0 Å². The van der Waals surface area contributed by atoms with Crippen molar-refractivity contribution >= 4 is 57.4 Å². The molecule has 4 heteroatoms. The van der Waals surface area contributed by atoms with Crippen molar-refractivity contribution in [3.05, 3.63) is 0 Å². The monoisotopic (exact) mass is 192 g/mol. The summed E-state index contributed by atoms with van der Waals surface area (Å²) in [4.78, 5) is 19.6. The summed E-state index contributed by atoms with van der Waals surface area (Å²) in [5.41, 5.74) is 0. The van der Waals surface area contributed by atoms with E-state index in [1.807, 2.05) is 0 Å². The molecular weight excluding hydrogens is 184 g/mol. The second kappa shape index (κ2) is 5.75. The first-order valence-electron chi connectivity index (χ1n) is 1.82. The molecule has 0 fully saturated rings. The Morgan fingerprint density at radius 2 is 1.50 bits per heavy atom. The minimum Gasteiger partial charge on any atom is -1.00 e. The molecule has 0 radical (unpaired) electrons. The van der Waals surface area contributed by atoms with Crippen LogP contribution in [0.5, 0.6) is 0 Å². The van der Waals surface area contributed by atoms with Crippen LogP contribution in [-0.4, -0.2) is 57.4 Å². The largest absolute Gasteiger partial charge is 2.00 e. The molecule has 0 atom stereocenters. The van der Waals surface area contributed by atoms with Gasteiger partial charge in [0.15, 0.2) is 0 Å². The van der Waals surface area contributed by atoms with Crippen LogP contribution in [-0.2, 0) is 14.3 Å². The van der Waals surface area contributed by atoms with Crippen LogP contribution >= 0.6 is 0 Å². The zero-order chi connectivity index (χ0) is 5.86. The summed E-state index contributed by atoms with van der Waals surface area (Å²) in [6, 6.07) is 0. The molecule has 44 valence electrons. The van der Waals surface area contributed by atoms with Crippen molar-refractivity contribution in [1.82, 2.24) is 0 Å². The fourth-order valence-corrected chi connectivity index (χ4v) is 0.202. The van der Waals surface area contributed by atoms with Gasteiger partial charge in [-0.05, 0) is 0 Å². The zero-order valence-electron chi connectivity index (χ0n) is 6.93. The van der Waals surface area contributed by atoms with Crippen molar-refractivity contribution in [1.29, 1.82) is 0 Å². The normalized spacial score (nSPS) is 6.75. The Hall–Kier alpha value is 0.621.